The minimum absolute atomic E-state index is 0.211. The van der Waals surface area contributed by atoms with Crippen molar-refractivity contribution in [2.45, 2.75) is 19.8 Å². The highest BCUT2D eigenvalue weighted by Crippen LogP contribution is 1.93. The molecule has 0 aliphatic carbocycles. The van der Waals surface area contributed by atoms with Crippen LogP contribution in [0.25, 0.3) is 0 Å². The van der Waals surface area contributed by atoms with Gasteiger partial charge in [0, 0.05) is 18.8 Å². The van der Waals surface area contributed by atoms with Crippen molar-refractivity contribution >= 4 is 11.9 Å². The Hall–Kier alpha value is -1.78. The number of carboxylic acid groups (broad SMARTS) is 1. The zero-order valence-electron chi connectivity index (χ0n) is 7.99. The van der Waals surface area contributed by atoms with Crippen LogP contribution in [0.3, 0.4) is 0 Å². The van der Waals surface area contributed by atoms with E-state index >= 15 is 0 Å². The number of primary amides is 1. The van der Waals surface area contributed by atoms with Crippen molar-refractivity contribution in [3.8, 4) is 0 Å². The second-order valence-corrected chi connectivity index (χ2v) is 2.62. The Labute approximate surface area is 81.9 Å². The minimum Gasteiger partial charge on any atom is -0.478 e. The van der Waals surface area contributed by atoms with E-state index in [1.165, 1.54) is 12.3 Å². The van der Waals surface area contributed by atoms with E-state index in [-0.39, 0.29) is 5.91 Å². The van der Waals surface area contributed by atoms with E-state index < -0.39 is 5.97 Å². The van der Waals surface area contributed by atoms with Crippen LogP contribution in [0.15, 0.2) is 18.5 Å². The lowest BCUT2D eigenvalue weighted by molar-refractivity contribution is -0.118. The quantitative estimate of drug-likeness (QED) is 0.675. The molecule has 0 unspecified atom stereocenters. The second kappa shape index (κ2) is 6.71. The number of hydrogen-bond acceptors (Lipinski definition) is 2. The van der Waals surface area contributed by atoms with Crippen molar-refractivity contribution in [2.75, 3.05) is 0 Å². The van der Waals surface area contributed by atoms with E-state index in [0.29, 0.717) is 12.0 Å². The molecule has 14 heavy (non-hydrogen) atoms. The molecule has 0 aliphatic heterocycles. The van der Waals surface area contributed by atoms with Gasteiger partial charge < -0.3 is 15.8 Å². The Morgan fingerprint density at radius 2 is 2.21 bits per heavy atom. The number of hydrogen-bond donors (Lipinski definition) is 3. The summed E-state index contributed by atoms with van der Waals surface area (Å²) in [5, 5.41) is 8.25. The highest BCUT2D eigenvalue weighted by Gasteiger charge is 1.98. The maximum Gasteiger partial charge on any atom is 0.337 e. The standard InChI is InChI=1S/C5H5NO2.C4H9NO/c7-5(8)4-1-2-6-3-4;1-2-3-4(5)6/h1-3,6H,(H,7,8);2-3H2,1H3,(H2,5,6). The Balaban J connectivity index is 0.000000255. The zero-order chi connectivity index (χ0) is 11.0. The molecule has 5 heteroatoms. The van der Waals surface area contributed by atoms with Gasteiger partial charge in [0.2, 0.25) is 5.91 Å². The number of carbonyl (C=O) groups is 2. The summed E-state index contributed by atoms with van der Waals surface area (Å²) >= 11 is 0. The van der Waals surface area contributed by atoms with Crippen LogP contribution in [0.1, 0.15) is 30.1 Å². The van der Waals surface area contributed by atoms with E-state index in [2.05, 4.69) is 4.98 Å². The van der Waals surface area contributed by atoms with Gasteiger partial charge in [-0.05, 0) is 12.5 Å². The summed E-state index contributed by atoms with van der Waals surface area (Å²) in [4.78, 5) is 22.5. The topological polar surface area (TPSA) is 96.2 Å². The number of nitrogens with two attached hydrogens (primary N) is 1. The van der Waals surface area contributed by atoms with Gasteiger partial charge in [0.15, 0.2) is 0 Å². The van der Waals surface area contributed by atoms with Crippen LogP contribution in [0.4, 0.5) is 0 Å². The summed E-state index contributed by atoms with van der Waals surface area (Å²) in [5.74, 6) is -1.11. The molecule has 1 rings (SSSR count). The number of aromatic carboxylic acids is 1. The molecule has 0 fully saturated rings. The number of nitrogens with one attached hydrogen (secondary N) is 1. The van der Waals surface area contributed by atoms with Crippen molar-refractivity contribution in [1.29, 1.82) is 0 Å². The van der Waals surface area contributed by atoms with Gasteiger partial charge >= 0.3 is 5.97 Å². The molecule has 0 spiro atoms. The van der Waals surface area contributed by atoms with Crippen LogP contribution < -0.4 is 5.73 Å². The van der Waals surface area contributed by atoms with Crippen LogP contribution in [0.5, 0.6) is 0 Å². The van der Waals surface area contributed by atoms with Gasteiger partial charge in [0.1, 0.15) is 0 Å². The smallest absolute Gasteiger partial charge is 0.337 e. The first-order valence-corrected chi connectivity index (χ1v) is 4.22. The summed E-state index contributed by atoms with van der Waals surface area (Å²) in [5.41, 5.74) is 5.06. The molecule has 1 aromatic heterocycles. The summed E-state index contributed by atoms with van der Waals surface area (Å²) in [7, 11) is 0. The zero-order valence-corrected chi connectivity index (χ0v) is 7.99. The van der Waals surface area contributed by atoms with Gasteiger partial charge in [0.25, 0.3) is 0 Å². The van der Waals surface area contributed by atoms with Crippen LogP contribution in [-0.2, 0) is 4.79 Å². The molecule has 0 aromatic carbocycles. The van der Waals surface area contributed by atoms with E-state index in [0.717, 1.165) is 6.42 Å². The highest BCUT2D eigenvalue weighted by molar-refractivity contribution is 5.87. The number of aromatic amines is 1. The fourth-order valence-corrected chi connectivity index (χ4v) is 0.703. The monoisotopic (exact) mass is 198 g/mol. The first-order valence-electron chi connectivity index (χ1n) is 4.22. The van der Waals surface area contributed by atoms with Crippen molar-refractivity contribution in [3.05, 3.63) is 24.0 Å². The molecule has 0 saturated heterocycles. The van der Waals surface area contributed by atoms with Crippen molar-refractivity contribution in [3.63, 3.8) is 0 Å². The third-order valence-corrected chi connectivity index (χ3v) is 1.34. The predicted octanol–water partition coefficient (Wildman–Crippen LogP) is 0.985. The average molecular weight is 198 g/mol. The molecular formula is C9H14N2O3. The van der Waals surface area contributed by atoms with E-state index in [1.54, 1.807) is 6.20 Å². The second-order valence-electron chi connectivity index (χ2n) is 2.62. The molecule has 5 nitrogen and oxygen atoms in total. The van der Waals surface area contributed by atoms with E-state index in [1.807, 2.05) is 6.92 Å². The van der Waals surface area contributed by atoms with Gasteiger partial charge in [0.05, 0.1) is 5.56 Å². The molecule has 0 saturated carbocycles. The lowest BCUT2D eigenvalue weighted by Crippen LogP contribution is -2.08. The van der Waals surface area contributed by atoms with Crippen LogP contribution in [0.2, 0.25) is 0 Å². The molecule has 0 atom stereocenters. The maximum atomic E-state index is 10.0. The van der Waals surface area contributed by atoms with E-state index in [9.17, 15) is 9.59 Å². The molecule has 78 valence electrons. The molecule has 4 N–H and O–H groups in total. The minimum atomic E-state index is -0.897. The third kappa shape index (κ3) is 5.82. The van der Waals surface area contributed by atoms with Crippen molar-refractivity contribution < 1.29 is 14.7 Å². The third-order valence-electron chi connectivity index (χ3n) is 1.34. The van der Waals surface area contributed by atoms with Gasteiger partial charge in [-0.2, -0.15) is 0 Å². The predicted molar refractivity (Wildman–Crippen MR) is 51.9 cm³/mol. The summed E-state index contributed by atoms with van der Waals surface area (Å²) in [6.07, 6.45) is 4.38. The normalized spacial score (nSPS) is 8.64. The summed E-state index contributed by atoms with van der Waals surface area (Å²) in [6, 6.07) is 1.50. The SMILES string of the molecule is CCCC(N)=O.O=C(O)c1cc[nH]c1. The fourth-order valence-electron chi connectivity index (χ4n) is 0.703. The largest absolute Gasteiger partial charge is 0.478 e. The lowest BCUT2D eigenvalue weighted by atomic mass is 10.3. The van der Waals surface area contributed by atoms with Crippen LogP contribution >= 0.6 is 0 Å². The summed E-state index contributed by atoms with van der Waals surface area (Å²) in [6.45, 7) is 1.92. The lowest BCUT2D eigenvalue weighted by Gasteiger charge is -1.81. The number of aromatic nitrogens is 1. The molecule has 1 amide bonds. The average Bonchev–Trinajstić information content (AvgIpc) is 2.56. The summed E-state index contributed by atoms with van der Waals surface area (Å²) < 4.78 is 0. The number of amides is 1. The Kier molecular flexibility index (Phi) is 5.85. The maximum absolute atomic E-state index is 10.0. The molecule has 0 bridgehead atoms. The number of carbonyl (C=O) groups excluding carboxylic acids is 1. The molecule has 1 aromatic rings. The van der Waals surface area contributed by atoms with Gasteiger partial charge in [-0.3, -0.25) is 4.79 Å². The highest BCUT2D eigenvalue weighted by atomic mass is 16.4. The Morgan fingerprint density at radius 3 is 2.36 bits per heavy atom. The molecule has 1 heterocycles. The Morgan fingerprint density at radius 1 is 1.57 bits per heavy atom. The van der Waals surface area contributed by atoms with Gasteiger partial charge in [-0.15, -0.1) is 0 Å². The van der Waals surface area contributed by atoms with E-state index in [4.69, 9.17) is 10.8 Å². The fraction of sp³-hybridized carbons (Fsp3) is 0.333. The number of carboxylic acids is 1. The molecular weight excluding hydrogens is 184 g/mol. The van der Waals surface area contributed by atoms with Gasteiger partial charge in [-0.1, -0.05) is 6.92 Å². The van der Waals surface area contributed by atoms with Crippen molar-refractivity contribution in [1.82, 2.24) is 4.98 Å². The molecule has 0 radical (unpaired) electrons. The van der Waals surface area contributed by atoms with Crippen LogP contribution in [-0.4, -0.2) is 22.0 Å². The number of rotatable bonds is 3. The van der Waals surface area contributed by atoms with Gasteiger partial charge in [-0.25, -0.2) is 4.79 Å². The number of H-pyrrole nitrogens is 1. The Bertz CT molecular complexity index is 280. The van der Waals surface area contributed by atoms with Crippen molar-refractivity contribution in [2.24, 2.45) is 5.73 Å². The first-order chi connectivity index (χ1) is 6.57. The van der Waals surface area contributed by atoms with Crippen LogP contribution in [0, 0.1) is 0 Å². The molecule has 0 aliphatic rings. The first kappa shape index (κ1) is 12.2.